The quantitative estimate of drug-likeness (QED) is 0.413. The van der Waals surface area contributed by atoms with E-state index < -0.39 is 20.8 Å². The summed E-state index contributed by atoms with van der Waals surface area (Å²) in [6, 6.07) is 11.0. The van der Waals surface area contributed by atoms with Crippen molar-refractivity contribution in [1.29, 1.82) is 0 Å². The van der Waals surface area contributed by atoms with Gasteiger partial charge in [0.25, 0.3) is 10.1 Å². The minimum Gasteiger partial charge on any atom is -0.872 e. The van der Waals surface area contributed by atoms with Gasteiger partial charge in [0.15, 0.2) is 0 Å². The molecule has 1 N–H and O–H groups in total. The molecule has 0 unspecified atom stereocenters. The molecule has 0 amide bonds. The van der Waals surface area contributed by atoms with Crippen LogP contribution in [0.1, 0.15) is 38.2 Å². The maximum Gasteiger partial charge on any atom is 1.00 e. The summed E-state index contributed by atoms with van der Waals surface area (Å²) in [6.07, 6.45) is 5.83. The number of unbranched alkanes of at least 4 members (excludes halogenated alkanes) is 3. The molecule has 0 atom stereocenters. The van der Waals surface area contributed by atoms with Crippen molar-refractivity contribution in [3.8, 4) is 17.2 Å². The molecule has 2 rings (SSSR count). The number of hydrogen-bond acceptors (Lipinski definition) is 4. The van der Waals surface area contributed by atoms with Crippen LogP contribution in [0.5, 0.6) is 17.2 Å². The maximum absolute atomic E-state index is 11.5. The summed E-state index contributed by atoms with van der Waals surface area (Å²) >= 11 is 0. The maximum atomic E-state index is 11.5. The summed E-state index contributed by atoms with van der Waals surface area (Å²) in [4.78, 5) is -0.687. The van der Waals surface area contributed by atoms with Crippen LogP contribution in [0, 0.1) is 0 Å². The first-order chi connectivity index (χ1) is 11.4. The molecule has 0 aliphatic rings. The van der Waals surface area contributed by atoms with Crippen LogP contribution in [0.25, 0.3) is 0 Å². The van der Waals surface area contributed by atoms with E-state index in [2.05, 4.69) is 6.92 Å². The third-order valence-electron chi connectivity index (χ3n) is 3.67. The van der Waals surface area contributed by atoms with Crippen molar-refractivity contribution < 1.29 is 74.2 Å². The predicted molar refractivity (Wildman–Crippen MR) is 90.1 cm³/mol. The number of ether oxygens (including phenoxy) is 1. The van der Waals surface area contributed by atoms with E-state index in [1.807, 2.05) is 12.1 Å². The van der Waals surface area contributed by atoms with Gasteiger partial charge in [-0.15, -0.1) is 0 Å². The van der Waals surface area contributed by atoms with E-state index in [1.54, 1.807) is 12.1 Å². The normalized spacial score (nSPS) is 11.0. The molecule has 0 aliphatic carbocycles. The zero-order valence-corrected chi connectivity index (χ0v) is 18.5. The third kappa shape index (κ3) is 7.38. The summed E-state index contributed by atoms with van der Waals surface area (Å²) in [5.74, 6) is -0.0579. The van der Waals surface area contributed by atoms with E-state index in [9.17, 15) is 13.5 Å². The van der Waals surface area contributed by atoms with Gasteiger partial charge in [0.05, 0.1) is 4.90 Å². The van der Waals surface area contributed by atoms with Crippen LogP contribution in [0.15, 0.2) is 47.4 Å². The van der Waals surface area contributed by atoms with E-state index in [0.29, 0.717) is 5.75 Å². The second-order valence-corrected chi connectivity index (χ2v) is 7.03. The standard InChI is InChI=1S/C18H22O5S.K/c1-2-3-4-5-6-14-7-9-15(10-8-14)23-16-11-12-17(19)18(13-16)24(20,21)22;/h7-13,19H,2-6H2,1H3,(H,20,21,22);/q;+1/p-1. The van der Waals surface area contributed by atoms with Gasteiger partial charge in [0, 0.05) is 6.07 Å². The molecule has 0 saturated heterocycles. The van der Waals surface area contributed by atoms with Gasteiger partial charge < -0.3 is 9.84 Å². The van der Waals surface area contributed by atoms with Gasteiger partial charge in [-0.1, -0.05) is 50.1 Å². The zero-order chi connectivity index (χ0) is 17.6. The molecule has 0 heterocycles. The molecule has 0 aromatic heterocycles. The molecule has 0 radical (unpaired) electrons. The molecule has 0 bridgehead atoms. The summed E-state index contributed by atoms with van der Waals surface area (Å²) in [5.41, 5.74) is 1.21. The fourth-order valence-electron chi connectivity index (χ4n) is 2.37. The van der Waals surface area contributed by atoms with Crippen molar-refractivity contribution in [1.82, 2.24) is 0 Å². The van der Waals surface area contributed by atoms with Gasteiger partial charge in [0.2, 0.25) is 0 Å². The average Bonchev–Trinajstić information content (AvgIpc) is 2.54. The van der Waals surface area contributed by atoms with Gasteiger partial charge in [-0.25, -0.2) is 0 Å². The number of aryl methyl sites for hydroxylation is 1. The van der Waals surface area contributed by atoms with Gasteiger partial charge >= 0.3 is 51.4 Å². The van der Waals surface area contributed by atoms with Crippen LogP contribution in [-0.4, -0.2) is 13.0 Å². The molecule has 7 heteroatoms. The smallest absolute Gasteiger partial charge is 0.872 e. The Bertz CT molecular complexity index is 773. The van der Waals surface area contributed by atoms with Crippen molar-refractivity contribution in [2.24, 2.45) is 0 Å². The van der Waals surface area contributed by atoms with Crippen LogP contribution in [0.4, 0.5) is 0 Å². The first kappa shape index (κ1) is 22.6. The Morgan fingerprint density at radius 1 is 1.00 bits per heavy atom. The second-order valence-electron chi connectivity index (χ2n) is 5.64. The van der Waals surface area contributed by atoms with Crippen molar-refractivity contribution >= 4 is 10.1 Å². The Kier molecular flexibility index (Phi) is 9.65. The third-order valence-corrected chi connectivity index (χ3v) is 4.55. The van der Waals surface area contributed by atoms with Crippen molar-refractivity contribution in [2.75, 3.05) is 0 Å². The van der Waals surface area contributed by atoms with E-state index >= 15 is 0 Å². The molecule has 2 aromatic carbocycles. The topological polar surface area (TPSA) is 86.7 Å². The average molecular weight is 389 g/mol. The first-order valence-electron chi connectivity index (χ1n) is 7.95. The van der Waals surface area contributed by atoms with Crippen LogP contribution in [0.2, 0.25) is 0 Å². The van der Waals surface area contributed by atoms with Crippen LogP contribution in [0.3, 0.4) is 0 Å². The molecule has 0 aliphatic heterocycles. The molecule has 0 spiro atoms. The van der Waals surface area contributed by atoms with Crippen LogP contribution < -0.4 is 61.2 Å². The number of rotatable bonds is 8. The summed E-state index contributed by atoms with van der Waals surface area (Å²) < 4.78 is 36.9. The molecule has 2 aromatic rings. The Hall–Kier alpha value is -0.414. The Balaban J connectivity index is 0.00000312. The van der Waals surface area contributed by atoms with E-state index in [4.69, 9.17) is 9.29 Å². The summed E-state index contributed by atoms with van der Waals surface area (Å²) in [7, 11) is -4.56. The molecule has 130 valence electrons. The van der Waals surface area contributed by atoms with Crippen LogP contribution in [-0.2, 0) is 16.5 Å². The van der Waals surface area contributed by atoms with E-state index in [-0.39, 0.29) is 57.1 Å². The van der Waals surface area contributed by atoms with Gasteiger partial charge in [0.1, 0.15) is 11.5 Å². The molecule has 5 nitrogen and oxygen atoms in total. The number of hydrogen-bond donors (Lipinski definition) is 1. The van der Waals surface area contributed by atoms with Gasteiger partial charge in [-0.3, -0.25) is 4.55 Å². The van der Waals surface area contributed by atoms with E-state index in [0.717, 1.165) is 25.0 Å². The Morgan fingerprint density at radius 3 is 2.24 bits per heavy atom. The molecule has 0 saturated carbocycles. The largest absolute Gasteiger partial charge is 1.00 e. The first-order valence-corrected chi connectivity index (χ1v) is 9.39. The van der Waals surface area contributed by atoms with Gasteiger partial charge in [-0.05, 0) is 36.6 Å². The van der Waals surface area contributed by atoms with Crippen molar-refractivity contribution in [3.05, 3.63) is 48.0 Å². The molecule has 25 heavy (non-hydrogen) atoms. The van der Waals surface area contributed by atoms with Crippen molar-refractivity contribution in [3.63, 3.8) is 0 Å². The van der Waals surface area contributed by atoms with Gasteiger partial charge in [-0.2, -0.15) is 8.42 Å². The second kappa shape index (κ2) is 10.7. The monoisotopic (exact) mass is 388 g/mol. The summed E-state index contributed by atoms with van der Waals surface area (Å²) in [6.45, 7) is 2.18. The fourth-order valence-corrected chi connectivity index (χ4v) is 2.96. The zero-order valence-electron chi connectivity index (χ0n) is 14.6. The SMILES string of the molecule is CCCCCCc1ccc(Oc2ccc([O-])c(S(=O)(=O)O)c2)cc1.[K+]. The minimum atomic E-state index is -4.56. The van der Waals surface area contributed by atoms with Crippen molar-refractivity contribution in [2.45, 2.75) is 43.9 Å². The molecular formula is C18H21KO5S. The molecular weight excluding hydrogens is 367 g/mol. The predicted octanol–water partition coefficient (Wildman–Crippen LogP) is 0.926. The molecule has 0 fully saturated rings. The summed E-state index contributed by atoms with van der Waals surface area (Å²) in [5, 5.41) is 11.5. The van der Waals surface area contributed by atoms with E-state index in [1.165, 1.54) is 30.9 Å². The number of benzene rings is 2. The van der Waals surface area contributed by atoms with Crippen LogP contribution >= 0.6 is 0 Å². The Morgan fingerprint density at radius 2 is 1.64 bits per heavy atom. The minimum absolute atomic E-state index is 0. The fraction of sp³-hybridized carbons (Fsp3) is 0.333. The Labute approximate surface area is 191 Å².